The molecule has 1 aromatic carbocycles. The summed E-state index contributed by atoms with van der Waals surface area (Å²) in [6, 6.07) is 6.08. The second kappa shape index (κ2) is 9.27. The normalized spacial score (nSPS) is 14.3. The van der Waals surface area contributed by atoms with Gasteiger partial charge >= 0.3 is 0 Å². The smallest absolute Gasteiger partial charge is 0.269 e. The van der Waals surface area contributed by atoms with Crippen LogP contribution in [0, 0.1) is 16.0 Å². The van der Waals surface area contributed by atoms with Crippen molar-refractivity contribution in [3.05, 3.63) is 34.4 Å². The molecule has 1 aromatic rings. The van der Waals surface area contributed by atoms with Crippen LogP contribution in [0.4, 0.5) is 5.69 Å². The van der Waals surface area contributed by atoms with Crippen LogP contribution in [-0.4, -0.2) is 35.6 Å². The number of carbonyl (C=O) groups excluding carboxylic acids is 2. The molecule has 0 unspecified atom stereocenters. The lowest BCUT2D eigenvalue weighted by molar-refractivity contribution is -0.384. The average Bonchev–Trinajstić information content (AvgIpc) is 3.11. The van der Waals surface area contributed by atoms with Gasteiger partial charge in [-0.1, -0.05) is 12.8 Å². The first-order valence-electron chi connectivity index (χ1n) is 7.98. The van der Waals surface area contributed by atoms with E-state index in [1.54, 1.807) is 12.1 Å². The minimum Gasteiger partial charge on any atom is -0.354 e. The number of non-ortho nitro benzene ring substituents is 1. The molecular weight excluding hydrogens is 330 g/mol. The van der Waals surface area contributed by atoms with Crippen LogP contribution in [0.15, 0.2) is 29.2 Å². The van der Waals surface area contributed by atoms with Gasteiger partial charge in [0.05, 0.1) is 10.7 Å². The Morgan fingerprint density at radius 3 is 2.38 bits per heavy atom. The third kappa shape index (κ3) is 5.84. The monoisotopic (exact) mass is 351 g/mol. The Bertz CT molecular complexity index is 585. The molecule has 1 saturated carbocycles. The van der Waals surface area contributed by atoms with Gasteiger partial charge in [-0.25, -0.2) is 0 Å². The Hall–Kier alpha value is -2.09. The number of amides is 2. The van der Waals surface area contributed by atoms with Crippen molar-refractivity contribution < 1.29 is 14.5 Å². The number of benzene rings is 1. The van der Waals surface area contributed by atoms with Crippen molar-refractivity contribution in [1.29, 1.82) is 0 Å². The van der Waals surface area contributed by atoms with Gasteiger partial charge in [0.25, 0.3) is 5.69 Å². The second-order valence-electron chi connectivity index (χ2n) is 5.66. The van der Waals surface area contributed by atoms with Crippen LogP contribution in [0.25, 0.3) is 0 Å². The Kier molecular flexibility index (Phi) is 7.05. The first-order valence-corrected chi connectivity index (χ1v) is 8.96. The molecule has 1 fully saturated rings. The number of nitro benzene ring substituents is 1. The number of rotatable bonds is 8. The lowest BCUT2D eigenvalue weighted by atomic mass is 10.1. The lowest BCUT2D eigenvalue weighted by Crippen LogP contribution is -2.37. The van der Waals surface area contributed by atoms with Crippen molar-refractivity contribution in [2.24, 2.45) is 5.92 Å². The van der Waals surface area contributed by atoms with Gasteiger partial charge in [0.15, 0.2) is 0 Å². The Morgan fingerprint density at radius 2 is 1.75 bits per heavy atom. The van der Waals surface area contributed by atoms with Crippen LogP contribution in [-0.2, 0) is 9.59 Å². The third-order valence-electron chi connectivity index (χ3n) is 3.89. The maximum atomic E-state index is 11.8. The summed E-state index contributed by atoms with van der Waals surface area (Å²) in [5.41, 5.74) is 0.0294. The minimum absolute atomic E-state index is 0.0294. The zero-order valence-electron chi connectivity index (χ0n) is 13.3. The average molecular weight is 351 g/mol. The van der Waals surface area contributed by atoms with E-state index in [0.29, 0.717) is 13.1 Å². The maximum absolute atomic E-state index is 11.8. The van der Waals surface area contributed by atoms with Gasteiger partial charge in [-0.05, 0) is 25.0 Å². The fraction of sp³-hybridized carbons (Fsp3) is 0.500. The summed E-state index contributed by atoms with van der Waals surface area (Å²) in [6.07, 6.45) is 4.16. The molecule has 0 bridgehead atoms. The van der Waals surface area contributed by atoms with Crippen molar-refractivity contribution in [2.45, 2.75) is 30.6 Å². The van der Waals surface area contributed by atoms with Gasteiger partial charge in [0.2, 0.25) is 11.8 Å². The highest BCUT2D eigenvalue weighted by Crippen LogP contribution is 2.24. The van der Waals surface area contributed by atoms with Crippen LogP contribution in [0.2, 0.25) is 0 Å². The summed E-state index contributed by atoms with van der Waals surface area (Å²) in [5.74, 6) is 0.322. The maximum Gasteiger partial charge on any atom is 0.269 e. The van der Waals surface area contributed by atoms with Crippen LogP contribution in [0.1, 0.15) is 25.7 Å². The summed E-state index contributed by atoms with van der Waals surface area (Å²) >= 11 is 1.31. The molecule has 8 heteroatoms. The number of nitrogens with one attached hydrogen (secondary N) is 2. The van der Waals surface area contributed by atoms with E-state index in [2.05, 4.69) is 10.6 Å². The van der Waals surface area contributed by atoms with E-state index in [-0.39, 0.29) is 29.2 Å². The molecule has 0 spiro atoms. The first kappa shape index (κ1) is 18.3. The molecule has 2 amide bonds. The van der Waals surface area contributed by atoms with E-state index in [1.807, 2.05) is 0 Å². The highest BCUT2D eigenvalue weighted by atomic mass is 32.2. The molecule has 7 nitrogen and oxygen atoms in total. The number of thioether (sulfide) groups is 1. The van der Waals surface area contributed by atoms with E-state index < -0.39 is 4.92 Å². The third-order valence-corrected chi connectivity index (χ3v) is 4.90. The van der Waals surface area contributed by atoms with Gasteiger partial charge in [-0.15, -0.1) is 11.8 Å². The topological polar surface area (TPSA) is 101 Å². The van der Waals surface area contributed by atoms with Crippen molar-refractivity contribution >= 4 is 29.3 Å². The number of carbonyl (C=O) groups is 2. The van der Waals surface area contributed by atoms with Gasteiger partial charge in [-0.3, -0.25) is 19.7 Å². The van der Waals surface area contributed by atoms with Gasteiger partial charge in [0, 0.05) is 36.0 Å². The van der Waals surface area contributed by atoms with Gasteiger partial charge in [-0.2, -0.15) is 0 Å². The molecule has 2 N–H and O–H groups in total. The van der Waals surface area contributed by atoms with E-state index in [1.165, 1.54) is 23.9 Å². The zero-order valence-corrected chi connectivity index (χ0v) is 14.1. The standard InChI is InChI=1S/C16H21N3O4S/c20-15(11-24-14-7-5-13(6-8-14)19(22)23)17-9-10-18-16(21)12-3-1-2-4-12/h5-8,12H,1-4,9-11H2,(H,17,20)(H,18,21). The summed E-state index contributed by atoms with van der Waals surface area (Å²) in [6.45, 7) is 0.835. The molecule has 0 aromatic heterocycles. The fourth-order valence-corrected chi connectivity index (χ4v) is 3.31. The predicted molar refractivity (Wildman–Crippen MR) is 91.8 cm³/mol. The SMILES string of the molecule is O=C(CSc1ccc([N+](=O)[O-])cc1)NCCNC(=O)C1CCCC1. The molecule has 1 aliphatic rings. The molecule has 0 heterocycles. The number of hydrogen-bond donors (Lipinski definition) is 2. The Labute approximate surface area is 144 Å². The minimum atomic E-state index is -0.457. The van der Waals surface area contributed by atoms with E-state index in [4.69, 9.17) is 0 Å². The summed E-state index contributed by atoms with van der Waals surface area (Å²) in [4.78, 5) is 34.4. The highest BCUT2D eigenvalue weighted by Gasteiger charge is 2.21. The predicted octanol–water partition coefficient (Wildman–Crippen LogP) is 2.11. The summed E-state index contributed by atoms with van der Waals surface area (Å²) in [5, 5.41) is 16.2. The van der Waals surface area contributed by atoms with Gasteiger partial charge < -0.3 is 10.6 Å². The molecule has 1 aliphatic carbocycles. The zero-order chi connectivity index (χ0) is 17.4. The largest absolute Gasteiger partial charge is 0.354 e. The molecule has 24 heavy (non-hydrogen) atoms. The highest BCUT2D eigenvalue weighted by molar-refractivity contribution is 8.00. The van der Waals surface area contributed by atoms with E-state index in [0.717, 1.165) is 30.6 Å². The van der Waals surface area contributed by atoms with Crippen molar-refractivity contribution in [2.75, 3.05) is 18.8 Å². The molecule has 130 valence electrons. The Morgan fingerprint density at radius 1 is 1.12 bits per heavy atom. The van der Waals surface area contributed by atoms with Crippen molar-refractivity contribution in [1.82, 2.24) is 10.6 Å². The van der Waals surface area contributed by atoms with Crippen LogP contribution < -0.4 is 10.6 Å². The molecule has 0 radical (unpaired) electrons. The first-order chi connectivity index (χ1) is 11.6. The van der Waals surface area contributed by atoms with Gasteiger partial charge in [0.1, 0.15) is 0 Å². The molecule has 2 rings (SSSR count). The van der Waals surface area contributed by atoms with E-state index in [9.17, 15) is 19.7 Å². The molecule has 0 aliphatic heterocycles. The number of hydrogen-bond acceptors (Lipinski definition) is 5. The van der Waals surface area contributed by atoms with Crippen LogP contribution in [0.3, 0.4) is 0 Å². The Balaban J connectivity index is 1.59. The van der Waals surface area contributed by atoms with Crippen molar-refractivity contribution in [3.63, 3.8) is 0 Å². The summed E-state index contributed by atoms with van der Waals surface area (Å²) < 4.78 is 0. The van der Waals surface area contributed by atoms with E-state index >= 15 is 0 Å². The fourth-order valence-electron chi connectivity index (χ4n) is 2.58. The molecular formula is C16H21N3O4S. The summed E-state index contributed by atoms with van der Waals surface area (Å²) in [7, 11) is 0. The van der Waals surface area contributed by atoms with Crippen LogP contribution in [0.5, 0.6) is 0 Å². The quantitative estimate of drug-likeness (QED) is 0.323. The van der Waals surface area contributed by atoms with Crippen LogP contribution >= 0.6 is 11.8 Å². The number of nitrogens with zero attached hydrogens (tertiary/aromatic N) is 1. The molecule has 0 saturated heterocycles. The number of nitro groups is 1. The second-order valence-corrected chi connectivity index (χ2v) is 6.71. The lowest BCUT2D eigenvalue weighted by Gasteiger charge is -2.10. The molecule has 0 atom stereocenters. The van der Waals surface area contributed by atoms with Crippen molar-refractivity contribution in [3.8, 4) is 0 Å².